The van der Waals surface area contributed by atoms with Gasteiger partial charge in [0, 0.05) is 5.57 Å². The third-order valence-electron chi connectivity index (χ3n) is 2.58. The van der Waals surface area contributed by atoms with Crippen LogP contribution in [0.4, 0.5) is 0 Å². The maximum atomic E-state index is 11.5. The normalized spacial score (nSPS) is 10.1. The van der Waals surface area contributed by atoms with Crippen LogP contribution in [0.1, 0.15) is 42.3 Å². The summed E-state index contributed by atoms with van der Waals surface area (Å²) in [6.45, 7) is 5.99. The average molecular weight is 296 g/mol. The van der Waals surface area contributed by atoms with E-state index in [1.165, 1.54) is 11.3 Å². The molecule has 0 aliphatic carbocycles. The molecule has 0 radical (unpaired) electrons. The van der Waals surface area contributed by atoms with E-state index >= 15 is 0 Å². The van der Waals surface area contributed by atoms with Crippen LogP contribution in [0.3, 0.4) is 0 Å². The number of unbranched alkanes of at least 4 members (excludes halogenated alkanes) is 3. The zero-order valence-corrected chi connectivity index (χ0v) is 12.5. The first-order valence-corrected chi connectivity index (χ1v) is 7.52. The molecule has 0 amide bonds. The second-order valence-electron chi connectivity index (χ2n) is 4.44. The Labute approximate surface area is 123 Å². The minimum atomic E-state index is -0.338. The number of rotatable bonds is 9. The topological polar surface area (TPSA) is 52.6 Å². The number of thiophene rings is 1. The standard InChI is InChI=1S/C15H20O4S/c1-12(2)14(16)18-9-5-3-4-6-10-19-15(17)13-8-7-11-20-13/h7-8,11H,1,3-6,9-10H2,2H3. The number of hydrogen-bond donors (Lipinski definition) is 0. The molecule has 0 unspecified atom stereocenters. The summed E-state index contributed by atoms with van der Waals surface area (Å²) in [6.07, 6.45) is 3.53. The SMILES string of the molecule is C=C(C)C(=O)OCCCCCCOC(=O)c1cccs1. The van der Waals surface area contributed by atoms with Gasteiger partial charge in [0.1, 0.15) is 4.88 Å². The van der Waals surface area contributed by atoms with Crippen molar-refractivity contribution < 1.29 is 19.1 Å². The largest absolute Gasteiger partial charge is 0.462 e. The van der Waals surface area contributed by atoms with Crippen molar-refractivity contribution in [2.45, 2.75) is 32.6 Å². The van der Waals surface area contributed by atoms with Crippen molar-refractivity contribution in [3.05, 3.63) is 34.5 Å². The fourth-order valence-corrected chi connectivity index (χ4v) is 2.09. The van der Waals surface area contributed by atoms with Gasteiger partial charge in [-0.3, -0.25) is 0 Å². The Balaban J connectivity index is 1.94. The molecule has 0 saturated carbocycles. The Bertz CT molecular complexity index is 437. The monoisotopic (exact) mass is 296 g/mol. The molecule has 1 rings (SSSR count). The Morgan fingerprint density at radius 3 is 2.35 bits per heavy atom. The van der Waals surface area contributed by atoms with Gasteiger partial charge < -0.3 is 9.47 Å². The summed E-state index contributed by atoms with van der Waals surface area (Å²) in [5, 5.41) is 1.85. The van der Waals surface area contributed by atoms with Gasteiger partial charge in [-0.05, 0) is 44.1 Å². The highest BCUT2D eigenvalue weighted by molar-refractivity contribution is 7.11. The number of hydrogen-bond acceptors (Lipinski definition) is 5. The van der Waals surface area contributed by atoms with Gasteiger partial charge in [0.25, 0.3) is 0 Å². The van der Waals surface area contributed by atoms with Crippen molar-refractivity contribution in [1.29, 1.82) is 0 Å². The predicted molar refractivity (Wildman–Crippen MR) is 78.8 cm³/mol. The first-order valence-electron chi connectivity index (χ1n) is 6.64. The molecule has 0 bridgehead atoms. The van der Waals surface area contributed by atoms with E-state index in [4.69, 9.17) is 9.47 Å². The molecule has 0 spiro atoms. The van der Waals surface area contributed by atoms with Gasteiger partial charge in [0.2, 0.25) is 0 Å². The molecule has 0 saturated heterocycles. The second-order valence-corrected chi connectivity index (χ2v) is 5.39. The fourth-order valence-electron chi connectivity index (χ4n) is 1.48. The van der Waals surface area contributed by atoms with Crippen molar-refractivity contribution in [3.8, 4) is 0 Å². The minimum absolute atomic E-state index is 0.254. The van der Waals surface area contributed by atoms with E-state index in [9.17, 15) is 9.59 Å². The quantitative estimate of drug-likeness (QED) is 0.397. The van der Waals surface area contributed by atoms with Crippen LogP contribution in [0.25, 0.3) is 0 Å². The van der Waals surface area contributed by atoms with Crippen LogP contribution in [0.15, 0.2) is 29.7 Å². The Morgan fingerprint density at radius 2 is 1.80 bits per heavy atom. The number of carbonyl (C=O) groups excluding carboxylic acids is 2. The van der Waals surface area contributed by atoms with Crippen LogP contribution in [0, 0.1) is 0 Å². The number of carbonyl (C=O) groups is 2. The molecule has 0 N–H and O–H groups in total. The third-order valence-corrected chi connectivity index (χ3v) is 3.43. The summed E-state index contributed by atoms with van der Waals surface area (Å²) in [5.74, 6) is -0.592. The van der Waals surface area contributed by atoms with Crippen molar-refractivity contribution in [3.63, 3.8) is 0 Å². The smallest absolute Gasteiger partial charge is 0.348 e. The lowest BCUT2D eigenvalue weighted by Gasteiger charge is -2.05. The van der Waals surface area contributed by atoms with E-state index < -0.39 is 0 Å². The third kappa shape index (κ3) is 6.52. The van der Waals surface area contributed by atoms with Crippen LogP contribution >= 0.6 is 11.3 Å². The highest BCUT2D eigenvalue weighted by Gasteiger charge is 2.07. The van der Waals surface area contributed by atoms with Gasteiger partial charge in [0.15, 0.2) is 0 Å². The maximum Gasteiger partial charge on any atom is 0.348 e. The molecule has 1 aromatic rings. The summed E-state index contributed by atoms with van der Waals surface area (Å²) in [5.41, 5.74) is 0.422. The predicted octanol–water partition coefficient (Wildman–Crippen LogP) is 3.58. The first kappa shape index (κ1) is 16.4. The van der Waals surface area contributed by atoms with Crippen LogP contribution in [-0.4, -0.2) is 25.2 Å². The summed E-state index contributed by atoms with van der Waals surface area (Å²) in [7, 11) is 0. The van der Waals surface area contributed by atoms with E-state index in [-0.39, 0.29) is 11.9 Å². The van der Waals surface area contributed by atoms with Crippen LogP contribution in [0.2, 0.25) is 0 Å². The van der Waals surface area contributed by atoms with Crippen molar-refractivity contribution in [1.82, 2.24) is 0 Å². The lowest BCUT2D eigenvalue weighted by atomic mass is 10.2. The van der Waals surface area contributed by atoms with Crippen LogP contribution < -0.4 is 0 Å². The lowest BCUT2D eigenvalue weighted by Crippen LogP contribution is -2.06. The number of esters is 2. The molecule has 0 fully saturated rings. The van der Waals surface area contributed by atoms with Crippen molar-refractivity contribution in [2.24, 2.45) is 0 Å². The summed E-state index contributed by atoms with van der Waals surface area (Å²) in [6, 6.07) is 3.58. The second kappa shape index (κ2) is 9.31. The molecule has 110 valence electrons. The molecule has 1 aromatic heterocycles. The summed E-state index contributed by atoms with van der Waals surface area (Å²) in [4.78, 5) is 23.2. The zero-order chi connectivity index (χ0) is 14.8. The Morgan fingerprint density at radius 1 is 1.15 bits per heavy atom. The molecule has 4 nitrogen and oxygen atoms in total. The Kier molecular flexibility index (Phi) is 7.65. The average Bonchev–Trinajstić information content (AvgIpc) is 2.95. The van der Waals surface area contributed by atoms with Crippen molar-refractivity contribution in [2.75, 3.05) is 13.2 Å². The molecule has 0 aliphatic heterocycles. The van der Waals surface area contributed by atoms with Crippen molar-refractivity contribution >= 4 is 23.3 Å². The molecule has 0 atom stereocenters. The molecule has 5 heteroatoms. The molecule has 1 heterocycles. The van der Waals surface area contributed by atoms with Crippen LogP contribution in [0.5, 0.6) is 0 Å². The fraction of sp³-hybridized carbons (Fsp3) is 0.467. The zero-order valence-electron chi connectivity index (χ0n) is 11.7. The van der Waals surface area contributed by atoms with Crippen LogP contribution in [-0.2, 0) is 14.3 Å². The summed E-state index contributed by atoms with van der Waals surface area (Å²) < 4.78 is 10.1. The van der Waals surface area contributed by atoms with E-state index in [2.05, 4.69) is 6.58 Å². The van der Waals surface area contributed by atoms with E-state index in [1.807, 2.05) is 11.4 Å². The lowest BCUT2D eigenvalue weighted by molar-refractivity contribution is -0.139. The molecular formula is C15H20O4S. The highest BCUT2D eigenvalue weighted by Crippen LogP contribution is 2.10. The van der Waals surface area contributed by atoms with Gasteiger partial charge in [-0.2, -0.15) is 0 Å². The maximum absolute atomic E-state index is 11.5. The molecule has 0 aromatic carbocycles. The minimum Gasteiger partial charge on any atom is -0.462 e. The van der Waals surface area contributed by atoms with E-state index in [0.717, 1.165) is 25.7 Å². The molecule has 20 heavy (non-hydrogen) atoms. The first-order chi connectivity index (χ1) is 9.61. The highest BCUT2D eigenvalue weighted by atomic mass is 32.1. The molecule has 0 aliphatic rings. The summed E-state index contributed by atoms with van der Waals surface area (Å²) >= 11 is 1.38. The van der Waals surface area contributed by atoms with Gasteiger partial charge in [-0.25, -0.2) is 9.59 Å². The van der Waals surface area contributed by atoms with Gasteiger partial charge in [-0.1, -0.05) is 12.6 Å². The van der Waals surface area contributed by atoms with Gasteiger partial charge >= 0.3 is 11.9 Å². The van der Waals surface area contributed by atoms with Gasteiger partial charge in [0.05, 0.1) is 13.2 Å². The molecular weight excluding hydrogens is 276 g/mol. The van der Waals surface area contributed by atoms with E-state index in [0.29, 0.717) is 23.7 Å². The van der Waals surface area contributed by atoms with Gasteiger partial charge in [-0.15, -0.1) is 11.3 Å². The number of ether oxygens (including phenoxy) is 2. The Hall–Kier alpha value is -1.62. The van der Waals surface area contributed by atoms with E-state index in [1.54, 1.807) is 13.0 Å².